The van der Waals surface area contributed by atoms with Crippen LogP contribution in [0.4, 0.5) is 0 Å². The van der Waals surface area contributed by atoms with Crippen molar-refractivity contribution in [3.63, 3.8) is 0 Å². The first-order valence-corrected chi connectivity index (χ1v) is 14.8. The molecule has 0 unspecified atom stereocenters. The standard InChI is InChI=1S/C27H32O4SSi/c1-20-16-18-22(19-17-20)32(28,29)26-25(30-26)21(2)31-33(27(3,4)5,23-12-8-6-9-13-23)24-14-10-7-11-15-24/h6-19,21,25-26H,1-5H3/t21-,25-,26-/m0/s1. The fourth-order valence-corrected chi connectivity index (χ4v) is 10.9. The van der Waals surface area contributed by atoms with Crippen molar-refractivity contribution < 1.29 is 17.6 Å². The van der Waals surface area contributed by atoms with E-state index in [9.17, 15) is 8.42 Å². The van der Waals surface area contributed by atoms with Gasteiger partial charge in [-0.05, 0) is 41.4 Å². The zero-order valence-electron chi connectivity index (χ0n) is 19.9. The minimum absolute atomic E-state index is 0.190. The van der Waals surface area contributed by atoms with Crippen LogP contribution < -0.4 is 10.4 Å². The lowest BCUT2D eigenvalue weighted by atomic mass is 10.2. The van der Waals surface area contributed by atoms with E-state index in [0.29, 0.717) is 4.90 Å². The minimum Gasteiger partial charge on any atom is -0.402 e. The third kappa shape index (κ3) is 4.45. The van der Waals surface area contributed by atoms with E-state index < -0.39 is 29.7 Å². The summed E-state index contributed by atoms with van der Waals surface area (Å²) in [6.45, 7) is 10.5. The molecule has 0 amide bonds. The average Bonchev–Trinajstić information content (AvgIpc) is 3.60. The fourth-order valence-electron chi connectivity index (χ4n) is 4.59. The van der Waals surface area contributed by atoms with Crippen molar-refractivity contribution in [2.45, 2.75) is 62.2 Å². The van der Waals surface area contributed by atoms with Crippen LogP contribution in [0, 0.1) is 6.92 Å². The van der Waals surface area contributed by atoms with Gasteiger partial charge in [0.1, 0.15) is 6.10 Å². The molecule has 0 aromatic heterocycles. The van der Waals surface area contributed by atoms with Crippen molar-refractivity contribution in [3.8, 4) is 0 Å². The molecular formula is C27H32O4SSi. The zero-order valence-corrected chi connectivity index (χ0v) is 21.7. The molecule has 1 fully saturated rings. The van der Waals surface area contributed by atoms with Crippen LogP contribution in [-0.2, 0) is 19.0 Å². The van der Waals surface area contributed by atoms with Crippen molar-refractivity contribution in [2.24, 2.45) is 0 Å². The molecule has 0 saturated carbocycles. The number of epoxide rings is 1. The van der Waals surface area contributed by atoms with E-state index >= 15 is 0 Å². The second-order valence-electron chi connectivity index (χ2n) is 9.81. The van der Waals surface area contributed by atoms with Gasteiger partial charge in [0.2, 0.25) is 9.84 Å². The van der Waals surface area contributed by atoms with Crippen LogP contribution in [0.15, 0.2) is 89.8 Å². The highest BCUT2D eigenvalue weighted by Gasteiger charge is 2.57. The molecule has 0 bridgehead atoms. The molecule has 3 aromatic rings. The van der Waals surface area contributed by atoms with Crippen molar-refractivity contribution in [2.75, 3.05) is 0 Å². The van der Waals surface area contributed by atoms with E-state index in [1.807, 2.05) is 62.4 Å². The third-order valence-corrected chi connectivity index (χ3v) is 13.4. The molecule has 1 aliphatic rings. The van der Waals surface area contributed by atoms with Crippen LogP contribution in [0.3, 0.4) is 0 Å². The lowest BCUT2D eigenvalue weighted by Crippen LogP contribution is -2.68. The van der Waals surface area contributed by atoms with E-state index in [0.717, 1.165) is 15.9 Å². The highest BCUT2D eigenvalue weighted by molar-refractivity contribution is 7.92. The predicted octanol–water partition coefficient (Wildman–Crippen LogP) is 4.46. The monoisotopic (exact) mass is 480 g/mol. The van der Waals surface area contributed by atoms with Gasteiger partial charge in [-0.3, -0.25) is 0 Å². The van der Waals surface area contributed by atoms with E-state index in [-0.39, 0.29) is 11.1 Å². The summed E-state index contributed by atoms with van der Waals surface area (Å²) in [5.41, 5.74) is 0.138. The first-order valence-electron chi connectivity index (χ1n) is 11.3. The van der Waals surface area contributed by atoms with Gasteiger partial charge in [-0.15, -0.1) is 0 Å². The quantitative estimate of drug-likeness (QED) is 0.370. The molecular weight excluding hydrogens is 448 g/mol. The first-order chi connectivity index (χ1) is 15.6. The molecule has 1 aliphatic heterocycles. The molecule has 4 rings (SSSR count). The molecule has 3 atom stereocenters. The Balaban J connectivity index is 1.69. The van der Waals surface area contributed by atoms with Crippen LogP contribution in [0.1, 0.15) is 33.3 Å². The number of benzene rings is 3. The molecule has 1 heterocycles. The van der Waals surface area contributed by atoms with Crippen LogP contribution in [0.5, 0.6) is 0 Å². The minimum atomic E-state index is -3.58. The summed E-state index contributed by atoms with van der Waals surface area (Å²) >= 11 is 0. The van der Waals surface area contributed by atoms with Gasteiger partial charge in [-0.1, -0.05) is 99.1 Å². The maximum Gasteiger partial charge on any atom is 0.261 e. The predicted molar refractivity (Wildman–Crippen MR) is 135 cm³/mol. The number of hydrogen-bond acceptors (Lipinski definition) is 4. The van der Waals surface area contributed by atoms with Crippen molar-refractivity contribution in [1.82, 2.24) is 0 Å². The summed E-state index contributed by atoms with van der Waals surface area (Å²) in [4.78, 5) is 0.290. The summed E-state index contributed by atoms with van der Waals surface area (Å²) in [6.07, 6.45) is -0.889. The summed E-state index contributed by atoms with van der Waals surface area (Å²) in [7, 11) is -6.37. The fraction of sp³-hybridized carbons (Fsp3) is 0.333. The molecule has 0 N–H and O–H groups in total. The Hall–Kier alpha value is -2.25. The van der Waals surface area contributed by atoms with Crippen LogP contribution in [-0.4, -0.2) is 34.4 Å². The topological polar surface area (TPSA) is 55.9 Å². The van der Waals surface area contributed by atoms with Crippen LogP contribution in [0.25, 0.3) is 0 Å². The highest BCUT2D eigenvalue weighted by Crippen LogP contribution is 2.41. The van der Waals surface area contributed by atoms with Crippen molar-refractivity contribution in [1.29, 1.82) is 0 Å². The number of rotatable bonds is 7. The number of sulfone groups is 1. The SMILES string of the molecule is Cc1ccc(S(=O)(=O)[C@@H]2O[C@H]2[C@H](C)O[Si](c2ccccc2)(c2ccccc2)C(C)(C)C)cc1. The normalized spacial score (nSPS) is 19.8. The largest absolute Gasteiger partial charge is 0.402 e. The number of aryl methyl sites for hydroxylation is 1. The summed E-state index contributed by atoms with van der Waals surface area (Å²) in [5, 5.41) is 2.13. The molecule has 33 heavy (non-hydrogen) atoms. The van der Waals surface area contributed by atoms with Gasteiger partial charge in [-0.2, -0.15) is 0 Å². The van der Waals surface area contributed by atoms with Crippen LogP contribution >= 0.6 is 0 Å². The van der Waals surface area contributed by atoms with E-state index in [2.05, 4.69) is 45.0 Å². The second kappa shape index (κ2) is 8.84. The molecule has 3 aromatic carbocycles. The van der Waals surface area contributed by atoms with E-state index in [1.54, 1.807) is 12.1 Å². The lowest BCUT2D eigenvalue weighted by molar-refractivity contribution is 0.164. The van der Waals surface area contributed by atoms with Gasteiger partial charge in [-0.25, -0.2) is 8.42 Å². The molecule has 0 radical (unpaired) electrons. The van der Waals surface area contributed by atoms with Gasteiger partial charge in [0, 0.05) is 0 Å². The van der Waals surface area contributed by atoms with Gasteiger partial charge in [0.15, 0.2) is 5.44 Å². The highest BCUT2D eigenvalue weighted by atomic mass is 32.2. The molecule has 1 saturated heterocycles. The summed E-state index contributed by atoms with van der Waals surface area (Å²) in [6, 6.07) is 27.6. The number of ether oxygens (including phenoxy) is 1. The molecule has 6 heteroatoms. The Labute approximate surface area is 198 Å². The zero-order chi connectivity index (χ0) is 23.9. The Kier molecular flexibility index (Phi) is 6.40. The van der Waals surface area contributed by atoms with Crippen LogP contribution in [0.2, 0.25) is 5.04 Å². The van der Waals surface area contributed by atoms with Gasteiger partial charge >= 0.3 is 0 Å². The molecule has 4 nitrogen and oxygen atoms in total. The smallest absolute Gasteiger partial charge is 0.261 e. The van der Waals surface area contributed by atoms with Crippen molar-refractivity contribution >= 4 is 28.5 Å². The molecule has 174 valence electrons. The maximum atomic E-state index is 13.2. The average molecular weight is 481 g/mol. The Bertz CT molecular complexity index is 1150. The Morgan fingerprint density at radius 2 is 1.33 bits per heavy atom. The maximum absolute atomic E-state index is 13.2. The number of hydrogen-bond donors (Lipinski definition) is 0. The van der Waals surface area contributed by atoms with Gasteiger partial charge in [0.25, 0.3) is 8.32 Å². The van der Waals surface area contributed by atoms with E-state index in [1.165, 1.54) is 0 Å². The second-order valence-corrected chi connectivity index (χ2v) is 16.1. The van der Waals surface area contributed by atoms with Gasteiger partial charge in [0.05, 0.1) is 11.0 Å². The molecule has 0 spiro atoms. The summed E-state index contributed by atoms with van der Waals surface area (Å²) in [5.74, 6) is 0. The first kappa shape index (κ1) is 23.9. The van der Waals surface area contributed by atoms with Gasteiger partial charge < -0.3 is 9.16 Å². The molecule has 0 aliphatic carbocycles. The lowest BCUT2D eigenvalue weighted by Gasteiger charge is -2.44. The van der Waals surface area contributed by atoms with E-state index in [4.69, 9.17) is 9.16 Å². The Morgan fingerprint density at radius 1 is 0.848 bits per heavy atom. The summed E-state index contributed by atoms with van der Waals surface area (Å²) < 4.78 is 39.1. The van der Waals surface area contributed by atoms with Crippen molar-refractivity contribution in [3.05, 3.63) is 90.5 Å². The Morgan fingerprint density at radius 3 is 1.79 bits per heavy atom. The third-order valence-electron chi connectivity index (χ3n) is 6.38.